The van der Waals surface area contributed by atoms with Gasteiger partial charge in [0.2, 0.25) is 0 Å². The van der Waals surface area contributed by atoms with Gasteiger partial charge >= 0.3 is 0 Å². The molecule has 0 saturated carbocycles. The summed E-state index contributed by atoms with van der Waals surface area (Å²) in [4.78, 5) is 0. The first-order chi connectivity index (χ1) is 9.60. The summed E-state index contributed by atoms with van der Waals surface area (Å²) in [5.74, 6) is -0.188. The third kappa shape index (κ3) is 3.81. The molecular weight excluding hydrogens is 273 g/mol. The lowest BCUT2D eigenvalue weighted by Gasteiger charge is -2.18. The highest BCUT2D eigenvalue weighted by atomic mass is 35.5. The molecule has 0 fully saturated rings. The first kappa shape index (κ1) is 15.0. The molecule has 0 aromatic heterocycles. The molecule has 0 radical (unpaired) electrons. The van der Waals surface area contributed by atoms with Crippen LogP contribution in [-0.2, 0) is 6.54 Å². The van der Waals surface area contributed by atoms with Gasteiger partial charge in [-0.2, -0.15) is 0 Å². The minimum absolute atomic E-state index is 0.188. The summed E-state index contributed by atoms with van der Waals surface area (Å²) >= 11 is 5.91. The van der Waals surface area contributed by atoms with Crippen LogP contribution in [0, 0.1) is 12.7 Å². The van der Waals surface area contributed by atoms with E-state index in [2.05, 4.69) is 12.2 Å². The third-order valence-electron chi connectivity index (χ3n) is 3.53. The summed E-state index contributed by atoms with van der Waals surface area (Å²) in [6, 6.07) is 13.0. The molecule has 0 aliphatic heterocycles. The van der Waals surface area contributed by atoms with Gasteiger partial charge in [-0.3, -0.25) is 0 Å². The van der Waals surface area contributed by atoms with E-state index in [0.717, 1.165) is 22.6 Å². The van der Waals surface area contributed by atoms with Crippen molar-refractivity contribution < 1.29 is 4.39 Å². The normalized spacial score (nSPS) is 12.4. The van der Waals surface area contributed by atoms with Crippen LogP contribution in [-0.4, -0.2) is 0 Å². The summed E-state index contributed by atoms with van der Waals surface area (Å²) in [7, 11) is 0. The number of halogens is 2. The van der Waals surface area contributed by atoms with Crippen LogP contribution in [0.25, 0.3) is 0 Å². The Morgan fingerprint density at radius 2 is 1.85 bits per heavy atom. The molecule has 2 rings (SSSR count). The predicted molar refractivity (Wildman–Crippen MR) is 82.5 cm³/mol. The minimum Gasteiger partial charge on any atom is -0.306 e. The standard InChI is InChI=1S/C17H19ClFN/c1-3-17(13-5-7-15(18)8-6-13)20-11-14-10-16(19)9-4-12(14)2/h4-10,17,20H,3,11H2,1-2H3. The molecule has 1 unspecified atom stereocenters. The SMILES string of the molecule is CCC(NCc1cc(F)ccc1C)c1ccc(Cl)cc1. The molecule has 2 aromatic rings. The van der Waals surface area contributed by atoms with E-state index in [1.165, 1.54) is 11.6 Å². The Balaban J connectivity index is 2.07. The topological polar surface area (TPSA) is 12.0 Å². The largest absolute Gasteiger partial charge is 0.306 e. The Kier molecular flexibility index (Phi) is 5.16. The van der Waals surface area contributed by atoms with Crippen molar-refractivity contribution in [1.29, 1.82) is 0 Å². The number of nitrogens with one attached hydrogen (secondary N) is 1. The first-order valence-corrected chi connectivity index (χ1v) is 7.22. The second-order valence-corrected chi connectivity index (χ2v) is 5.40. The lowest BCUT2D eigenvalue weighted by atomic mass is 10.0. The van der Waals surface area contributed by atoms with E-state index >= 15 is 0 Å². The average Bonchev–Trinajstić information content (AvgIpc) is 2.45. The Hall–Kier alpha value is -1.38. The van der Waals surface area contributed by atoms with Crippen LogP contribution in [0.3, 0.4) is 0 Å². The molecule has 0 heterocycles. The van der Waals surface area contributed by atoms with Gasteiger partial charge in [0, 0.05) is 17.6 Å². The maximum atomic E-state index is 13.3. The fraction of sp³-hybridized carbons (Fsp3) is 0.294. The third-order valence-corrected chi connectivity index (χ3v) is 3.78. The zero-order valence-electron chi connectivity index (χ0n) is 11.8. The molecule has 1 nitrogen and oxygen atoms in total. The molecule has 0 amide bonds. The number of benzene rings is 2. The number of hydrogen-bond acceptors (Lipinski definition) is 1. The number of hydrogen-bond donors (Lipinski definition) is 1. The van der Waals surface area contributed by atoms with Crippen molar-refractivity contribution in [3.8, 4) is 0 Å². The summed E-state index contributed by atoms with van der Waals surface area (Å²) in [5.41, 5.74) is 3.30. The highest BCUT2D eigenvalue weighted by Gasteiger charge is 2.09. The van der Waals surface area contributed by atoms with Crippen LogP contribution in [0.2, 0.25) is 5.02 Å². The second-order valence-electron chi connectivity index (χ2n) is 4.96. The lowest BCUT2D eigenvalue weighted by molar-refractivity contribution is 0.516. The van der Waals surface area contributed by atoms with Crippen molar-refractivity contribution in [3.63, 3.8) is 0 Å². The molecule has 106 valence electrons. The van der Waals surface area contributed by atoms with Gasteiger partial charge in [-0.15, -0.1) is 0 Å². The van der Waals surface area contributed by atoms with Gasteiger partial charge in [0.25, 0.3) is 0 Å². The summed E-state index contributed by atoms with van der Waals surface area (Å²) in [5, 5.41) is 4.22. The van der Waals surface area contributed by atoms with Crippen molar-refractivity contribution in [1.82, 2.24) is 5.32 Å². The molecule has 1 N–H and O–H groups in total. The predicted octanol–water partition coefficient (Wildman–Crippen LogP) is 5.03. The molecule has 0 aliphatic rings. The van der Waals surface area contributed by atoms with Crippen molar-refractivity contribution in [3.05, 3.63) is 70.0 Å². The van der Waals surface area contributed by atoms with Crippen LogP contribution in [0.15, 0.2) is 42.5 Å². The van der Waals surface area contributed by atoms with E-state index in [-0.39, 0.29) is 11.9 Å². The number of aryl methyl sites for hydroxylation is 1. The Morgan fingerprint density at radius 1 is 1.15 bits per heavy atom. The van der Waals surface area contributed by atoms with Gasteiger partial charge in [0.15, 0.2) is 0 Å². The zero-order valence-corrected chi connectivity index (χ0v) is 12.5. The molecule has 3 heteroatoms. The van der Waals surface area contributed by atoms with Gasteiger partial charge in [-0.1, -0.05) is 36.7 Å². The molecule has 20 heavy (non-hydrogen) atoms. The molecule has 0 aliphatic carbocycles. The first-order valence-electron chi connectivity index (χ1n) is 6.84. The van der Waals surface area contributed by atoms with Gasteiger partial charge in [-0.05, 0) is 54.3 Å². The second kappa shape index (κ2) is 6.87. The van der Waals surface area contributed by atoms with Gasteiger partial charge in [0.1, 0.15) is 5.82 Å². The molecular formula is C17H19ClFN. The van der Waals surface area contributed by atoms with E-state index in [9.17, 15) is 4.39 Å². The summed E-state index contributed by atoms with van der Waals surface area (Å²) < 4.78 is 13.3. The number of rotatable bonds is 5. The molecule has 0 bridgehead atoms. The fourth-order valence-electron chi connectivity index (χ4n) is 2.26. The summed E-state index contributed by atoms with van der Waals surface area (Å²) in [6.07, 6.45) is 0.968. The molecule has 2 aromatic carbocycles. The van der Waals surface area contributed by atoms with E-state index in [1.807, 2.05) is 37.3 Å². The Morgan fingerprint density at radius 3 is 2.50 bits per heavy atom. The van der Waals surface area contributed by atoms with Crippen LogP contribution < -0.4 is 5.32 Å². The van der Waals surface area contributed by atoms with E-state index < -0.39 is 0 Å². The highest BCUT2D eigenvalue weighted by molar-refractivity contribution is 6.30. The lowest BCUT2D eigenvalue weighted by Crippen LogP contribution is -2.20. The Labute approximate surface area is 124 Å². The highest BCUT2D eigenvalue weighted by Crippen LogP contribution is 2.20. The Bertz CT molecular complexity index is 566. The van der Waals surface area contributed by atoms with E-state index in [4.69, 9.17) is 11.6 Å². The smallest absolute Gasteiger partial charge is 0.123 e. The van der Waals surface area contributed by atoms with Crippen LogP contribution in [0.1, 0.15) is 36.1 Å². The van der Waals surface area contributed by atoms with E-state index in [1.54, 1.807) is 6.07 Å². The van der Waals surface area contributed by atoms with E-state index in [0.29, 0.717) is 6.54 Å². The monoisotopic (exact) mass is 291 g/mol. The van der Waals surface area contributed by atoms with Crippen LogP contribution >= 0.6 is 11.6 Å². The van der Waals surface area contributed by atoms with Gasteiger partial charge in [-0.25, -0.2) is 4.39 Å². The minimum atomic E-state index is -0.188. The van der Waals surface area contributed by atoms with Crippen LogP contribution in [0.4, 0.5) is 4.39 Å². The maximum absolute atomic E-state index is 13.3. The quantitative estimate of drug-likeness (QED) is 0.815. The fourth-order valence-corrected chi connectivity index (χ4v) is 2.38. The van der Waals surface area contributed by atoms with Gasteiger partial charge < -0.3 is 5.32 Å². The molecule has 0 spiro atoms. The van der Waals surface area contributed by atoms with Crippen molar-refractivity contribution in [2.75, 3.05) is 0 Å². The van der Waals surface area contributed by atoms with Crippen LogP contribution in [0.5, 0.6) is 0 Å². The van der Waals surface area contributed by atoms with Crippen molar-refractivity contribution in [2.45, 2.75) is 32.9 Å². The summed E-state index contributed by atoms with van der Waals surface area (Å²) in [6.45, 7) is 4.79. The van der Waals surface area contributed by atoms with Crippen molar-refractivity contribution >= 4 is 11.6 Å². The van der Waals surface area contributed by atoms with Gasteiger partial charge in [0.05, 0.1) is 0 Å². The maximum Gasteiger partial charge on any atom is 0.123 e. The molecule has 1 atom stereocenters. The van der Waals surface area contributed by atoms with Crippen molar-refractivity contribution in [2.24, 2.45) is 0 Å². The average molecular weight is 292 g/mol. The zero-order chi connectivity index (χ0) is 14.5. The molecule has 0 saturated heterocycles.